The molecular weight excluding hydrogens is 138 g/mol. The topological polar surface area (TPSA) is 53.9 Å². The summed E-state index contributed by atoms with van der Waals surface area (Å²) in [5.41, 5.74) is 3.52. The number of carbonyl (C=O) groups is 1. The third-order valence-corrected chi connectivity index (χ3v) is 1.28. The molecule has 0 saturated heterocycles. The Kier molecular flexibility index (Phi) is 4.53. The van der Waals surface area contributed by atoms with Gasteiger partial charge in [0, 0.05) is 0 Å². The summed E-state index contributed by atoms with van der Waals surface area (Å²) in [6.07, 6.45) is 0. The lowest BCUT2D eigenvalue weighted by Gasteiger charge is -2.02. The SMILES string of the molecule is CCOC(=O)C([NH3+])CS. The van der Waals surface area contributed by atoms with Gasteiger partial charge in [0.15, 0.2) is 6.04 Å². The van der Waals surface area contributed by atoms with E-state index in [1.165, 1.54) is 0 Å². The van der Waals surface area contributed by atoms with Crippen LogP contribution in [0.25, 0.3) is 0 Å². The monoisotopic (exact) mass is 150 g/mol. The zero-order chi connectivity index (χ0) is 7.28. The molecule has 0 aliphatic rings. The van der Waals surface area contributed by atoms with Crippen molar-refractivity contribution < 1.29 is 15.3 Å². The summed E-state index contributed by atoms with van der Waals surface area (Å²) in [6, 6.07) is -0.326. The van der Waals surface area contributed by atoms with Gasteiger partial charge in [-0.1, -0.05) is 0 Å². The highest BCUT2D eigenvalue weighted by Crippen LogP contribution is 1.85. The van der Waals surface area contributed by atoms with E-state index in [1.807, 2.05) is 0 Å². The normalized spacial score (nSPS) is 12.8. The van der Waals surface area contributed by atoms with Crippen LogP contribution in [0.15, 0.2) is 0 Å². The van der Waals surface area contributed by atoms with Crippen LogP contribution >= 0.6 is 12.6 Å². The lowest BCUT2D eigenvalue weighted by Crippen LogP contribution is -2.66. The molecule has 0 aromatic heterocycles. The van der Waals surface area contributed by atoms with Gasteiger partial charge in [-0.25, -0.2) is 4.79 Å². The lowest BCUT2D eigenvalue weighted by molar-refractivity contribution is -0.401. The van der Waals surface area contributed by atoms with E-state index in [-0.39, 0.29) is 12.0 Å². The molecule has 3 N–H and O–H groups in total. The number of ether oxygens (including phenoxy) is 1. The van der Waals surface area contributed by atoms with Crippen LogP contribution in [0.4, 0.5) is 0 Å². The molecular formula is C5H12NO2S+. The molecule has 0 aromatic rings. The second-order valence-corrected chi connectivity index (χ2v) is 2.00. The summed E-state index contributed by atoms with van der Waals surface area (Å²) in [5, 5.41) is 0. The van der Waals surface area contributed by atoms with Crippen molar-refractivity contribution in [1.82, 2.24) is 0 Å². The first-order valence-electron chi connectivity index (χ1n) is 2.83. The van der Waals surface area contributed by atoms with Crippen molar-refractivity contribution in [3.8, 4) is 0 Å². The van der Waals surface area contributed by atoms with Crippen molar-refractivity contribution in [2.45, 2.75) is 13.0 Å². The fourth-order valence-corrected chi connectivity index (χ4v) is 0.484. The Morgan fingerprint density at radius 2 is 2.44 bits per heavy atom. The van der Waals surface area contributed by atoms with Gasteiger partial charge in [0.2, 0.25) is 0 Å². The van der Waals surface area contributed by atoms with Crippen LogP contribution in [0.5, 0.6) is 0 Å². The van der Waals surface area contributed by atoms with E-state index in [9.17, 15) is 4.79 Å². The molecule has 1 atom stereocenters. The van der Waals surface area contributed by atoms with E-state index in [0.717, 1.165) is 0 Å². The summed E-state index contributed by atoms with van der Waals surface area (Å²) in [5.74, 6) is 0.172. The van der Waals surface area contributed by atoms with Crippen LogP contribution < -0.4 is 5.73 Å². The molecule has 0 heterocycles. The molecule has 0 radical (unpaired) electrons. The zero-order valence-electron chi connectivity index (χ0n) is 5.46. The highest BCUT2D eigenvalue weighted by molar-refractivity contribution is 7.80. The molecule has 0 spiro atoms. The van der Waals surface area contributed by atoms with Crippen LogP contribution in [-0.2, 0) is 9.53 Å². The van der Waals surface area contributed by atoms with Gasteiger partial charge in [-0.15, -0.1) is 0 Å². The Labute approximate surface area is 60.0 Å². The average Bonchev–Trinajstić information content (AvgIpc) is 1.87. The molecule has 0 aromatic carbocycles. The summed E-state index contributed by atoms with van der Waals surface area (Å²) < 4.78 is 4.64. The molecule has 0 saturated carbocycles. The quantitative estimate of drug-likeness (QED) is 0.404. The first-order chi connectivity index (χ1) is 4.22. The molecule has 0 amide bonds. The van der Waals surface area contributed by atoms with Crippen molar-refractivity contribution in [1.29, 1.82) is 0 Å². The second kappa shape index (κ2) is 4.64. The Bertz CT molecular complexity index is 97.0. The largest absolute Gasteiger partial charge is 0.462 e. The van der Waals surface area contributed by atoms with E-state index in [1.54, 1.807) is 6.92 Å². The molecule has 0 aliphatic carbocycles. The molecule has 9 heavy (non-hydrogen) atoms. The van der Waals surface area contributed by atoms with Crippen LogP contribution in [0, 0.1) is 0 Å². The minimum absolute atomic E-state index is 0.271. The Balaban J connectivity index is 3.46. The number of quaternary nitrogens is 1. The first kappa shape index (κ1) is 8.78. The summed E-state index contributed by atoms with van der Waals surface area (Å²) >= 11 is 3.88. The van der Waals surface area contributed by atoms with E-state index < -0.39 is 0 Å². The van der Waals surface area contributed by atoms with Gasteiger partial charge < -0.3 is 10.5 Å². The number of rotatable bonds is 3. The predicted octanol–water partition coefficient (Wildman–Crippen LogP) is -0.910. The van der Waals surface area contributed by atoms with Crippen molar-refractivity contribution in [2.24, 2.45) is 0 Å². The van der Waals surface area contributed by atoms with E-state index in [4.69, 9.17) is 0 Å². The third-order valence-electron chi connectivity index (χ3n) is 0.840. The van der Waals surface area contributed by atoms with Crippen LogP contribution in [-0.4, -0.2) is 24.4 Å². The Morgan fingerprint density at radius 3 is 2.78 bits per heavy atom. The molecule has 3 nitrogen and oxygen atoms in total. The highest BCUT2D eigenvalue weighted by atomic mass is 32.1. The maximum absolute atomic E-state index is 10.6. The van der Waals surface area contributed by atoms with Crippen LogP contribution in [0.2, 0.25) is 0 Å². The number of hydrogen-bond acceptors (Lipinski definition) is 3. The van der Waals surface area contributed by atoms with Gasteiger partial charge in [0.05, 0.1) is 12.4 Å². The second-order valence-electron chi connectivity index (χ2n) is 1.63. The van der Waals surface area contributed by atoms with E-state index in [0.29, 0.717) is 12.4 Å². The molecule has 0 aliphatic heterocycles. The van der Waals surface area contributed by atoms with Gasteiger partial charge in [-0.3, -0.25) is 0 Å². The number of thiol groups is 1. The fourth-order valence-electron chi connectivity index (χ4n) is 0.335. The van der Waals surface area contributed by atoms with Gasteiger partial charge in [-0.05, 0) is 6.92 Å². The number of esters is 1. The summed E-state index contributed by atoms with van der Waals surface area (Å²) in [7, 11) is 0. The summed E-state index contributed by atoms with van der Waals surface area (Å²) in [4.78, 5) is 10.6. The minimum Gasteiger partial charge on any atom is -0.462 e. The van der Waals surface area contributed by atoms with E-state index >= 15 is 0 Å². The van der Waals surface area contributed by atoms with Crippen molar-refractivity contribution >= 4 is 18.6 Å². The maximum Gasteiger partial charge on any atom is 0.365 e. The minimum atomic E-state index is -0.326. The van der Waals surface area contributed by atoms with Gasteiger partial charge >= 0.3 is 5.97 Å². The average molecular weight is 150 g/mol. The maximum atomic E-state index is 10.6. The summed E-state index contributed by atoms with van der Waals surface area (Å²) in [6.45, 7) is 2.18. The third kappa shape index (κ3) is 3.37. The van der Waals surface area contributed by atoms with Crippen LogP contribution in [0.3, 0.4) is 0 Å². The number of carbonyl (C=O) groups excluding carboxylic acids is 1. The predicted molar refractivity (Wildman–Crippen MR) is 37.2 cm³/mol. The molecule has 0 rings (SSSR count). The molecule has 1 unspecified atom stereocenters. The lowest BCUT2D eigenvalue weighted by atomic mass is 10.4. The van der Waals surface area contributed by atoms with Gasteiger partial charge in [0.1, 0.15) is 0 Å². The smallest absolute Gasteiger partial charge is 0.365 e. The standard InChI is InChI=1S/C5H11NO2S/c1-2-8-5(7)4(6)3-9/h4,9H,2-3,6H2,1H3/p+1. The molecule has 54 valence electrons. The molecule has 0 bridgehead atoms. The Hall–Kier alpha value is -0.220. The van der Waals surface area contributed by atoms with E-state index in [2.05, 4.69) is 23.1 Å². The first-order valence-corrected chi connectivity index (χ1v) is 3.46. The van der Waals surface area contributed by atoms with Gasteiger partial charge in [-0.2, -0.15) is 12.6 Å². The van der Waals surface area contributed by atoms with Crippen molar-refractivity contribution in [2.75, 3.05) is 12.4 Å². The van der Waals surface area contributed by atoms with Crippen LogP contribution in [0.1, 0.15) is 6.92 Å². The highest BCUT2D eigenvalue weighted by Gasteiger charge is 2.14. The zero-order valence-corrected chi connectivity index (χ0v) is 6.36. The van der Waals surface area contributed by atoms with Crippen molar-refractivity contribution in [3.05, 3.63) is 0 Å². The van der Waals surface area contributed by atoms with Crippen molar-refractivity contribution in [3.63, 3.8) is 0 Å². The Morgan fingerprint density at radius 1 is 1.89 bits per heavy atom. The van der Waals surface area contributed by atoms with Gasteiger partial charge in [0.25, 0.3) is 0 Å². The number of hydrogen-bond donors (Lipinski definition) is 2. The molecule has 4 heteroatoms. The fraction of sp³-hybridized carbons (Fsp3) is 0.800. The molecule has 0 fully saturated rings.